The molecule has 0 N–H and O–H groups in total. The topological polar surface area (TPSA) is 9.23 Å². The molecule has 1 aromatic heterocycles. The van der Waals surface area contributed by atoms with Gasteiger partial charge in [0.15, 0.2) is 0 Å². The highest BCUT2D eigenvalue weighted by Gasteiger charge is 2.06. The van der Waals surface area contributed by atoms with Crippen LogP contribution in [0.15, 0.2) is 78.2 Å². The predicted molar refractivity (Wildman–Crippen MR) is 99.2 cm³/mol. The Labute approximate surface area is 139 Å². The number of methoxy groups -OCH3 is 1. The Bertz CT molecular complexity index is 934. The normalized spacial score (nSPS) is 10.8. The van der Waals surface area contributed by atoms with Gasteiger partial charge in [-0.2, -0.15) is 0 Å². The van der Waals surface area contributed by atoms with Crippen LogP contribution >= 0.6 is 11.3 Å². The van der Waals surface area contributed by atoms with Gasteiger partial charge in [-0.05, 0) is 40.3 Å². The van der Waals surface area contributed by atoms with E-state index in [2.05, 4.69) is 66.0 Å². The number of hydrogen-bond donors (Lipinski definition) is 0. The average Bonchev–Trinajstić information content (AvgIpc) is 3.06. The molecule has 112 valence electrons. The SMILES string of the molecule is COc1ccc(-c2ccc(-c3csc4ccccc34)cc2)cc1. The molecule has 0 saturated heterocycles. The van der Waals surface area contributed by atoms with Crippen LogP contribution in [0.4, 0.5) is 0 Å². The summed E-state index contributed by atoms with van der Waals surface area (Å²) in [6.45, 7) is 0. The van der Waals surface area contributed by atoms with Crippen molar-refractivity contribution in [1.82, 2.24) is 0 Å². The molecule has 0 atom stereocenters. The van der Waals surface area contributed by atoms with Crippen LogP contribution in [0.3, 0.4) is 0 Å². The van der Waals surface area contributed by atoms with Crippen LogP contribution in [0.1, 0.15) is 0 Å². The highest BCUT2D eigenvalue weighted by molar-refractivity contribution is 7.17. The Morgan fingerprint density at radius 2 is 1.30 bits per heavy atom. The molecule has 0 aliphatic rings. The lowest BCUT2D eigenvalue weighted by Gasteiger charge is -2.06. The van der Waals surface area contributed by atoms with Crippen molar-refractivity contribution in [3.05, 3.63) is 78.2 Å². The molecule has 0 fully saturated rings. The molecule has 0 spiro atoms. The second kappa shape index (κ2) is 5.90. The monoisotopic (exact) mass is 316 g/mol. The molecule has 3 aromatic carbocycles. The van der Waals surface area contributed by atoms with Gasteiger partial charge in [0.1, 0.15) is 5.75 Å². The van der Waals surface area contributed by atoms with Gasteiger partial charge in [0, 0.05) is 15.6 Å². The summed E-state index contributed by atoms with van der Waals surface area (Å²) in [5.74, 6) is 0.884. The fourth-order valence-corrected chi connectivity index (χ4v) is 3.80. The van der Waals surface area contributed by atoms with E-state index in [-0.39, 0.29) is 0 Å². The Morgan fingerprint density at radius 3 is 2.00 bits per heavy atom. The van der Waals surface area contributed by atoms with Crippen molar-refractivity contribution >= 4 is 21.4 Å². The summed E-state index contributed by atoms with van der Waals surface area (Å²) < 4.78 is 6.55. The largest absolute Gasteiger partial charge is 0.497 e. The van der Waals surface area contributed by atoms with E-state index in [0.717, 1.165) is 5.75 Å². The number of rotatable bonds is 3. The molecule has 0 unspecified atom stereocenters. The van der Waals surface area contributed by atoms with Crippen molar-refractivity contribution in [1.29, 1.82) is 0 Å². The molecule has 0 aliphatic carbocycles. The standard InChI is InChI=1S/C21H16OS/c1-22-18-12-10-16(11-13-18)15-6-8-17(9-7-15)20-14-23-21-5-3-2-4-19(20)21/h2-14H,1H3. The molecule has 2 heteroatoms. The molecule has 0 aliphatic heterocycles. The highest BCUT2D eigenvalue weighted by atomic mass is 32.1. The minimum absolute atomic E-state index is 0.884. The number of hydrogen-bond acceptors (Lipinski definition) is 2. The van der Waals surface area contributed by atoms with E-state index >= 15 is 0 Å². The van der Waals surface area contributed by atoms with Gasteiger partial charge in [-0.15, -0.1) is 11.3 Å². The Balaban J connectivity index is 1.70. The zero-order valence-corrected chi connectivity index (χ0v) is 13.6. The van der Waals surface area contributed by atoms with E-state index in [4.69, 9.17) is 4.74 Å². The van der Waals surface area contributed by atoms with Crippen LogP contribution in [0, 0.1) is 0 Å². The molecule has 1 nitrogen and oxygen atoms in total. The minimum Gasteiger partial charge on any atom is -0.497 e. The van der Waals surface area contributed by atoms with E-state index in [1.807, 2.05) is 12.1 Å². The van der Waals surface area contributed by atoms with Crippen LogP contribution in [-0.2, 0) is 0 Å². The summed E-state index contributed by atoms with van der Waals surface area (Å²) in [4.78, 5) is 0. The van der Waals surface area contributed by atoms with Gasteiger partial charge in [-0.25, -0.2) is 0 Å². The predicted octanol–water partition coefficient (Wildman–Crippen LogP) is 6.24. The molecule has 0 saturated carbocycles. The van der Waals surface area contributed by atoms with Crippen molar-refractivity contribution in [2.75, 3.05) is 7.11 Å². The Kier molecular flexibility index (Phi) is 3.60. The van der Waals surface area contributed by atoms with E-state index in [9.17, 15) is 0 Å². The molecule has 4 aromatic rings. The van der Waals surface area contributed by atoms with Crippen molar-refractivity contribution in [3.8, 4) is 28.0 Å². The highest BCUT2D eigenvalue weighted by Crippen LogP contribution is 2.34. The maximum atomic E-state index is 5.22. The summed E-state index contributed by atoms with van der Waals surface area (Å²) in [6.07, 6.45) is 0. The number of ether oxygens (including phenoxy) is 1. The Morgan fingerprint density at radius 1 is 0.696 bits per heavy atom. The molecular formula is C21H16OS. The zero-order chi connectivity index (χ0) is 15.6. The first kappa shape index (κ1) is 14.0. The van der Waals surface area contributed by atoms with Gasteiger partial charge in [0.05, 0.1) is 7.11 Å². The lowest BCUT2D eigenvalue weighted by atomic mass is 10.00. The molecule has 4 rings (SSSR count). The number of benzene rings is 3. The molecule has 0 bridgehead atoms. The third kappa shape index (κ3) is 2.62. The van der Waals surface area contributed by atoms with Crippen LogP contribution in [0.25, 0.3) is 32.3 Å². The maximum Gasteiger partial charge on any atom is 0.118 e. The lowest BCUT2D eigenvalue weighted by Crippen LogP contribution is -1.83. The van der Waals surface area contributed by atoms with Gasteiger partial charge in [0.2, 0.25) is 0 Å². The van der Waals surface area contributed by atoms with Crippen molar-refractivity contribution in [2.45, 2.75) is 0 Å². The third-order valence-corrected chi connectivity index (χ3v) is 5.06. The molecule has 1 heterocycles. The van der Waals surface area contributed by atoms with Gasteiger partial charge < -0.3 is 4.74 Å². The first-order valence-corrected chi connectivity index (χ1v) is 8.44. The van der Waals surface area contributed by atoms with Crippen LogP contribution in [-0.4, -0.2) is 7.11 Å². The van der Waals surface area contributed by atoms with Crippen molar-refractivity contribution in [3.63, 3.8) is 0 Å². The van der Waals surface area contributed by atoms with Crippen LogP contribution < -0.4 is 4.74 Å². The molecular weight excluding hydrogens is 300 g/mol. The van der Waals surface area contributed by atoms with E-state index in [1.165, 1.54) is 32.3 Å². The first-order valence-electron chi connectivity index (χ1n) is 7.56. The summed E-state index contributed by atoms with van der Waals surface area (Å²) in [6, 6.07) is 25.5. The summed E-state index contributed by atoms with van der Waals surface area (Å²) in [5.41, 5.74) is 5.00. The van der Waals surface area contributed by atoms with Gasteiger partial charge >= 0.3 is 0 Å². The number of fused-ring (bicyclic) bond motifs is 1. The summed E-state index contributed by atoms with van der Waals surface area (Å²) in [5, 5.41) is 3.57. The zero-order valence-electron chi connectivity index (χ0n) is 12.8. The van der Waals surface area contributed by atoms with Crippen LogP contribution in [0.5, 0.6) is 5.75 Å². The summed E-state index contributed by atoms with van der Waals surface area (Å²) in [7, 11) is 1.69. The minimum atomic E-state index is 0.884. The first-order chi connectivity index (χ1) is 11.3. The summed E-state index contributed by atoms with van der Waals surface area (Å²) >= 11 is 1.80. The maximum absolute atomic E-state index is 5.22. The second-order valence-electron chi connectivity index (χ2n) is 5.45. The molecule has 23 heavy (non-hydrogen) atoms. The van der Waals surface area contributed by atoms with E-state index in [0.29, 0.717) is 0 Å². The smallest absolute Gasteiger partial charge is 0.118 e. The van der Waals surface area contributed by atoms with Crippen molar-refractivity contribution < 1.29 is 4.74 Å². The fourth-order valence-electron chi connectivity index (χ4n) is 2.83. The molecule has 0 radical (unpaired) electrons. The fraction of sp³-hybridized carbons (Fsp3) is 0.0476. The van der Waals surface area contributed by atoms with Gasteiger partial charge in [-0.3, -0.25) is 0 Å². The molecule has 0 amide bonds. The lowest BCUT2D eigenvalue weighted by molar-refractivity contribution is 0.415. The van der Waals surface area contributed by atoms with E-state index in [1.54, 1.807) is 18.4 Å². The van der Waals surface area contributed by atoms with Crippen molar-refractivity contribution in [2.24, 2.45) is 0 Å². The van der Waals surface area contributed by atoms with Gasteiger partial charge in [0.25, 0.3) is 0 Å². The quantitative estimate of drug-likeness (QED) is 0.434. The Hall–Kier alpha value is -2.58. The second-order valence-corrected chi connectivity index (χ2v) is 6.36. The van der Waals surface area contributed by atoms with Gasteiger partial charge in [-0.1, -0.05) is 54.6 Å². The average molecular weight is 316 g/mol. The number of thiophene rings is 1. The third-order valence-electron chi connectivity index (χ3n) is 4.10. The van der Waals surface area contributed by atoms with Crippen LogP contribution in [0.2, 0.25) is 0 Å². The van der Waals surface area contributed by atoms with E-state index < -0.39 is 0 Å².